The van der Waals surface area contributed by atoms with Crippen LogP contribution in [-0.4, -0.2) is 104 Å². The van der Waals surface area contributed by atoms with Crippen LogP contribution in [0.5, 0.6) is 5.75 Å². The van der Waals surface area contributed by atoms with Gasteiger partial charge in [0.15, 0.2) is 9.84 Å². The van der Waals surface area contributed by atoms with Crippen LogP contribution in [0.1, 0.15) is 45.7 Å². The molecule has 0 radical (unpaired) electrons. The average Bonchev–Trinajstić information content (AvgIpc) is 3.26. The van der Waals surface area contributed by atoms with Gasteiger partial charge in [-0.3, -0.25) is 14.4 Å². The van der Waals surface area contributed by atoms with E-state index in [2.05, 4.69) is 5.32 Å². The van der Waals surface area contributed by atoms with Crippen LogP contribution < -0.4 is 15.8 Å². The molecule has 4 heterocycles. The number of fused-ring (bicyclic) bond motifs is 2. The molecule has 0 spiro atoms. The molecule has 3 amide bonds. The van der Waals surface area contributed by atoms with Gasteiger partial charge in [-0.2, -0.15) is 0 Å². The Labute approximate surface area is 255 Å². The van der Waals surface area contributed by atoms with Crippen molar-refractivity contribution in [3.8, 4) is 5.75 Å². The van der Waals surface area contributed by atoms with Crippen molar-refractivity contribution >= 4 is 57.4 Å². The summed E-state index contributed by atoms with van der Waals surface area (Å²) in [7, 11) is -3.81. The molecule has 1 unspecified atom stereocenters. The van der Waals surface area contributed by atoms with Crippen molar-refractivity contribution < 1.29 is 56.5 Å². The molecule has 1 aromatic carbocycles. The first-order valence-electron chi connectivity index (χ1n) is 13.3. The number of hydrogen-bond donors (Lipinski definition) is 3. The summed E-state index contributed by atoms with van der Waals surface area (Å²) >= 11 is 1.28. The van der Waals surface area contributed by atoms with E-state index in [0.717, 1.165) is 4.90 Å². The molecule has 4 saturated heterocycles. The number of rotatable bonds is 8. The van der Waals surface area contributed by atoms with Gasteiger partial charge in [0, 0.05) is 4.75 Å². The number of esters is 1. The summed E-state index contributed by atoms with van der Waals surface area (Å²) in [5.74, 6) is -3.86. The van der Waals surface area contributed by atoms with E-state index in [1.807, 2.05) is 0 Å². The Morgan fingerprint density at radius 2 is 1.70 bits per heavy atom. The number of sulfone groups is 1. The van der Waals surface area contributed by atoms with Gasteiger partial charge in [0.05, 0.1) is 11.2 Å². The van der Waals surface area contributed by atoms with Crippen LogP contribution in [0.15, 0.2) is 24.3 Å². The molecule has 6 atom stereocenters. The first-order chi connectivity index (χ1) is 20.4. The second-order valence-corrected chi connectivity index (χ2v) is 16.2. The molecule has 5 rings (SSSR count). The minimum Gasteiger partial charge on any atom is -0.480 e. The number of nitrogens with two attached hydrogens (primary N) is 1. The number of nitrogens with one attached hydrogen (secondary N) is 1. The molecule has 18 heteroatoms. The third-order valence-electron chi connectivity index (χ3n) is 8.27. The minimum absolute atomic E-state index is 0.0103. The third-order valence-corrected chi connectivity index (χ3v) is 12.6. The number of benzene rings is 1. The highest BCUT2D eigenvalue weighted by Crippen LogP contribution is 2.51. The molecule has 238 valence electrons. The Kier molecular flexibility index (Phi) is 7.61. The highest BCUT2D eigenvalue weighted by molar-refractivity contribution is 8.01. The second kappa shape index (κ2) is 10.6. The lowest BCUT2D eigenvalue weighted by Crippen LogP contribution is -2.71. The molecule has 4 aliphatic rings. The van der Waals surface area contributed by atoms with Crippen LogP contribution in [-0.2, 0) is 43.3 Å². The van der Waals surface area contributed by atoms with Gasteiger partial charge in [-0.05, 0) is 45.4 Å². The summed E-state index contributed by atoms with van der Waals surface area (Å²) in [5, 5.41) is 10.5. The molecule has 16 nitrogen and oxygen atoms in total. The lowest BCUT2D eigenvalue weighted by Gasteiger charge is -2.43. The summed E-state index contributed by atoms with van der Waals surface area (Å²) in [5.41, 5.74) is 6.38. The molecule has 0 aliphatic carbocycles. The molecule has 0 bridgehead atoms. The van der Waals surface area contributed by atoms with Crippen molar-refractivity contribution in [2.75, 3.05) is 6.79 Å². The van der Waals surface area contributed by atoms with E-state index in [1.165, 1.54) is 54.8 Å². The van der Waals surface area contributed by atoms with Crippen molar-refractivity contribution in [3.63, 3.8) is 0 Å². The molecule has 0 saturated carbocycles. The number of carboxylic acids is 1. The van der Waals surface area contributed by atoms with E-state index in [1.54, 1.807) is 13.8 Å². The monoisotopic (exact) mass is 654 g/mol. The van der Waals surface area contributed by atoms with Crippen LogP contribution in [0, 0.1) is 0 Å². The number of thioether (sulfide) groups is 1. The van der Waals surface area contributed by atoms with Crippen LogP contribution >= 0.6 is 11.8 Å². The van der Waals surface area contributed by atoms with E-state index in [-0.39, 0.29) is 12.2 Å². The largest absolute Gasteiger partial charge is 0.516 e. The molecular formula is C26H30N4O12S2. The minimum atomic E-state index is -3.81. The summed E-state index contributed by atoms with van der Waals surface area (Å²) in [6.45, 7) is 5.17. The molecule has 44 heavy (non-hydrogen) atoms. The number of β-lactam (4-membered cyclic amide) rings is 2. The van der Waals surface area contributed by atoms with Gasteiger partial charge in [-0.1, -0.05) is 12.1 Å². The normalized spacial score (nSPS) is 29.3. The van der Waals surface area contributed by atoms with E-state index < -0.39 is 96.9 Å². The number of nitrogens with zero attached hydrogens (tertiary/aromatic N) is 2. The molecule has 0 aromatic heterocycles. The summed E-state index contributed by atoms with van der Waals surface area (Å²) in [6.07, 6.45) is -1.47. The number of ether oxygens (including phenoxy) is 3. The molecule has 4 fully saturated rings. The highest BCUT2D eigenvalue weighted by Gasteiger charge is 2.68. The van der Waals surface area contributed by atoms with Gasteiger partial charge in [0.1, 0.15) is 40.7 Å². The Balaban J connectivity index is 1.10. The maximum atomic E-state index is 12.8. The standard InChI is InChI=1S/C26H30N4O12S2/c1-25(2)17(22(34)35)30-20(33)16(21(30)43-25)28-19(32)15(27)11-5-7-12(8-6-11)42-24(37)41-10-40-23(36)18-26(3,4)44(38,39)14-9-13(31)29(14)18/h5-8,14-18,21H,9-10,27H2,1-4H3,(H,28,32)(H,34,35)/t14-,15?,16-,17+,18+,21-/m1/s1. The van der Waals surface area contributed by atoms with Crippen molar-refractivity contribution in [2.24, 2.45) is 5.73 Å². The van der Waals surface area contributed by atoms with E-state index in [9.17, 15) is 42.3 Å². The van der Waals surface area contributed by atoms with Gasteiger partial charge >= 0.3 is 18.1 Å². The van der Waals surface area contributed by atoms with Gasteiger partial charge < -0.3 is 40.2 Å². The maximum Gasteiger partial charge on any atom is 0.516 e. The maximum absolute atomic E-state index is 12.8. The SMILES string of the molecule is CC1(C)S[C@@H]2[C@H](NC(=O)C(N)c3ccc(OC(=O)OCOC(=O)[C@@H]4N5C(=O)C[C@H]5S(=O)(=O)C4(C)C)cc3)C(=O)N2[C@H]1C(=O)O. The lowest BCUT2D eigenvalue weighted by atomic mass is 9.95. The number of aliphatic carboxylic acids is 1. The summed E-state index contributed by atoms with van der Waals surface area (Å²) in [4.78, 5) is 75.9. The molecule has 4 aliphatic heterocycles. The number of carbonyl (C=O) groups excluding carboxylic acids is 5. The van der Waals surface area contributed by atoms with Gasteiger partial charge in [0.25, 0.3) is 0 Å². The quantitative estimate of drug-likeness (QED) is 0.139. The van der Waals surface area contributed by atoms with Crippen LogP contribution in [0.25, 0.3) is 0 Å². The fourth-order valence-corrected chi connectivity index (χ4v) is 9.58. The van der Waals surface area contributed by atoms with Gasteiger partial charge in [-0.25, -0.2) is 22.8 Å². The van der Waals surface area contributed by atoms with Crippen LogP contribution in [0.4, 0.5) is 4.79 Å². The number of hydrogen-bond acceptors (Lipinski definition) is 13. The zero-order valence-corrected chi connectivity index (χ0v) is 25.5. The van der Waals surface area contributed by atoms with E-state index in [4.69, 9.17) is 19.9 Å². The summed E-state index contributed by atoms with van der Waals surface area (Å²) in [6, 6.07) is 0.909. The number of amides is 3. The molecular weight excluding hydrogens is 624 g/mol. The van der Waals surface area contributed by atoms with Gasteiger partial charge in [-0.15, -0.1) is 11.8 Å². The fraction of sp³-hybridized carbons (Fsp3) is 0.538. The van der Waals surface area contributed by atoms with Crippen LogP contribution in [0.2, 0.25) is 0 Å². The van der Waals surface area contributed by atoms with Crippen molar-refractivity contribution in [1.82, 2.24) is 15.1 Å². The fourth-order valence-electron chi connectivity index (χ4n) is 5.83. The Bertz CT molecular complexity index is 1560. The first-order valence-corrected chi connectivity index (χ1v) is 15.8. The van der Waals surface area contributed by atoms with E-state index in [0.29, 0.717) is 5.56 Å². The van der Waals surface area contributed by atoms with Crippen molar-refractivity contribution in [1.29, 1.82) is 0 Å². The molecule has 4 N–H and O–H groups in total. The third kappa shape index (κ3) is 4.84. The van der Waals surface area contributed by atoms with Gasteiger partial charge in [0.2, 0.25) is 24.5 Å². The second-order valence-electron chi connectivity index (χ2n) is 11.7. The highest BCUT2D eigenvalue weighted by atomic mass is 32.2. The topological polar surface area (TPSA) is 229 Å². The smallest absolute Gasteiger partial charge is 0.480 e. The lowest BCUT2D eigenvalue weighted by molar-refractivity contribution is -0.167. The average molecular weight is 655 g/mol. The predicted octanol–water partition coefficient (Wildman–Crippen LogP) is -0.532. The first kappa shape index (κ1) is 31.5. The van der Waals surface area contributed by atoms with E-state index >= 15 is 0 Å². The Morgan fingerprint density at radius 1 is 1.07 bits per heavy atom. The summed E-state index contributed by atoms with van der Waals surface area (Å²) < 4.78 is 37.6. The van der Waals surface area contributed by atoms with Crippen molar-refractivity contribution in [3.05, 3.63) is 29.8 Å². The number of carbonyl (C=O) groups is 6. The van der Waals surface area contributed by atoms with Crippen LogP contribution in [0.3, 0.4) is 0 Å². The zero-order chi connectivity index (χ0) is 32.5. The molecule has 1 aromatic rings. The Morgan fingerprint density at radius 3 is 2.30 bits per heavy atom. The zero-order valence-electron chi connectivity index (χ0n) is 23.9. The Hall–Kier alpha value is -3.90. The van der Waals surface area contributed by atoms with Crippen molar-refractivity contribution in [2.45, 2.75) is 78.5 Å². The predicted molar refractivity (Wildman–Crippen MR) is 149 cm³/mol. The number of carboxylic acid groups (broad SMARTS) is 1.